The molecule has 0 saturated carbocycles. The van der Waals surface area contributed by atoms with Crippen LogP contribution in [-0.4, -0.2) is 18.8 Å². The van der Waals surface area contributed by atoms with Crippen LogP contribution in [0.25, 0.3) is 0 Å². The van der Waals surface area contributed by atoms with Gasteiger partial charge in [-0.05, 0) is 31.6 Å². The van der Waals surface area contributed by atoms with Crippen LogP contribution in [0, 0.1) is 5.92 Å². The van der Waals surface area contributed by atoms with Crippen LogP contribution in [-0.2, 0) is 4.74 Å². The van der Waals surface area contributed by atoms with Gasteiger partial charge in [0, 0.05) is 18.8 Å². The molecule has 2 N–H and O–H groups in total. The zero-order chi connectivity index (χ0) is 10.4. The zero-order valence-electron chi connectivity index (χ0n) is 9.72. The first-order chi connectivity index (χ1) is 6.66. The van der Waals surface area contributed by atoms with Crippen molar-refractivity contribution in [2.24, 2.45) is 11.7 Å². The molecule has 2 heteroatoms. The Morgan fingerprint density at radius 3 is 2.86 bits per heavy atom. The molecule has 0 bridgehead atoms. The third-order valence-corrected chi connectivity index (χ3v) is 3.24. The van der Waals surface area contributed by atoms with Gasteiger partial charge in [0.05, 0.1) is 0 Å². The van der Waals surface area contributed by atoms with Crippen molar-refractivity contribution < 1.29 is 4.74 Å². The summed E-state index contributed by atoms with van der Waals surface area (Å²) >= 11 is 0. The van der Waals surface area contributed by atoms with Gasteiger partial charge in [0.2, 0.25) is 0 Å². The highest BCUT2D eigenvalue weighted by atomic mass is 16.5. The van der Waals surface area contributed by atoms with Crippen LogP contribution in [0.2, 0.25) is 0 Å². The molecule has 0 amide bonds. The van der Waals surface area contributed by atoms with Crippen LogP contribution in [0.1, 0.15) is 52.4 Å². The summed E-state index contributed by atoms with van der Waals surface area (Å²) in [6.45, 7) is 6.33. The second-order valence-corrected chi connectivity index (χ2v) is 4.93. The van der Waals surface area contributed by atoms with Gasteiger partial charge in [0.25, 0.3) is 0 Å². The van der Waals surface area contributed by atoms with Crippen LogP contribution < -0.4 is 5.73 Å². The highest BCUT2D eigenvalue weighted by molar-refractivity contribution is 4.86. The van der Waals surface area contributed by atoms with Crippen LogP contribution in [0.15, 0.2) is 0 Å². The lowest BCUT2D eigenvalue weighted by Crippen LogP contribution is -2.41. The van der Waals surface area contributed by atoms with Gasteiger partial charge in [-0.25, -0.2) is 0 Å². The zero-order valence-corrected chi connectivity index (χ0v) is 9.72. The predicted molar refractivity (Wildman–Crippen MR) is 60.3 cm³/mol. The molecule has 2 unspecified atom stereocenters. The molecule has 2 atom stereocenters. The first-order valence-corrected chi connectivity index (χ1v) is 6.03. The number of ether oxygens (including phenoxy) is 1. The van der Waals surface area contributed by atoms with E-state index in [1.165, 1.54) is 19.3 Å². The summed E-state index contributed by atoms with van der Waals surface area (Å²) in [6.07, 6.45) is 7.06. The van der Waals surface area contributed by atoms with E-state index in [-0.39, 0.29) is 5.54 Å². The summed E-state index contributed by atoms with van der Waals surface area (Å²) < 4.78 is 5.45. The smallest absolute Gasteiger partial charge is 0.0483 e. The first kappa shape index (κ1) is 12.0. The molecular formula is C12H25NO. The van der Waals surface area contributed by atoms with E-state index >= 15 is 0 Å². The fourth-order valence-corrected chi connectivity index (χ4v) is 2.52. The monoisotopic (exact) mass is 199 g/mol. The Kier molecular flexibility index (Phi) is 4.90. The fraction of sp³-hybridized carbons (Fsp3) is 1.00. The van der Waals surface area contributed by atoms with Gasteiger partial charge in [0.1, 0.15) is 0 Å². The third-order valence-electron chi connectivity index (χ3n) is 3.24. The van der Waals surface area contributed by atoms with Gasteiger partial charge < -0.3 is 10.5 Å². The van der Waals surface area contributed by atoms with E-state index in [1.54, 1.807) is 0 Å². The normalized spacial score (nSPS) is 31.1. The van der Waals surface area contributed by atoms with Gasteiger partial charge >= 0.3 is 0 Å². The van der Waals surface area contributed by atoms with Crippen molar-refractivity contribution in [2.75, 3.05) is 13.2 Å². The maximum Gasteiger partial charge on any atom is 0.0483 e. The molecule has 1 heterocycles. The summed E-state index contributed by atoms with van der Waals surface area (Å²) in [5.41, 5.74) is 6.47. The topological polar surface area (TPSA) is 35.2 Å². The van der Waals surface area contributed by atoms with Crippen molar-refractivity contribution in [3.05, 3.63) is 0 Å². The van der Waals surface area contributed by atoms with Crippen molar-refractivity contribution in [1.29, 1.82) is 0 Å². The second-order valence-electron chi connectivity index (χ2n) is 4.93. The molecule has 0 aromatic heterocycles. The molecule has 0 aromatic carbocycles. The summed E-state index contributed by atoms with van der Waals surface area (Å²) in [4.78, 5) is 0. The Hall–Kier alpha value is -0.0800. The lowest BCUT2D eigenvalue weighted by atomic mass is 9.82. The SMILES string of the molecule is CCCC(C)CC1(N)CCCOCC1. The molecule has 0 aliphatic carbocycles. The van der Waals surface area contributed by atoms with Gasteiger partial charge in [-0.1, -0.05) is 26.7 Å². The Labute approximate surface area is 88.2 Å². The molecule has 1 aliphatic heterocycles. The maximum absolute atomic E-state index is 6.41. The van der Waals surface area contributed by atoms with Crippen LogP contribution in [0.5, 0.6) is 0 Å². The molecule has 0 spiro atoms. The highest BCUT2D eigenvalue weighted by Gasteiger charge is 2.27. The van der Waals surface area contributed by atoms with Crippen molar-refractivity contribution in [1.82, 2.24) is 0 Å². The molecule has 1 rings (SSSR count). The molecule has 14 heavy (non-hydrogen) atoms. The lowest BCUT2D eigenvalue weighted by Gasteiger charge is -2.30. The Bertz CT molecular complexity index is 150. The number of nitrogens with two attached hydrogens (primary N) is 1. The second kappa shape index (κ2) is 5.72. The predicted octanol–water partition coefficient (Wildman–Crippen LogP) is 2.71. The van der Waals surface area contributed by atoms with Crippen molar-refractivity contribution in [3.8, 4) is 0 Å². The standard InChI is InChI=1S/C12H25NO/c1-3-5-11(2)10-12(13)6-4-8-14-9-7-12/h11H,3-10,13H2,1-2H3. The Morgan fingerprint density at radius 1 is 1.36 bits per heavy atom. The fourth-order valence-electron chi connectivity index (χ4n) is 2.52. The van der Waals surface area contributed by atoms with Crippen LogP contribution >= 0.6 is 0 Å². The first-order valence-electron chi connectivity index (χ1n) is 6.03. The van der Waals surface area contributed by atoms with E-state index < -0.39 is 0 Å². The van der Waals surface area contributed by atoms with E-state index in [1.807, 2.05) is 0 Å². The van der Waals surface area contributed by atoms with Crippen LogP contribution in [0.4, 0.5) is 0 Å². The van der Waals surface area contributed by atoms with Crippen molar-refractivity contribution in [3.63, 3.8) is 0 Å². The molecule has 0 radical (unpaired) electrons. The van der Waals surface area contributed by atoms with Crippen molar-refractivity contribution >= 4 is 0 Å². The van der Waals surface area contributed by atoms with E-state index in [0.717, 1.165) is 38.4 Å². The van der Waals surface area contributed by atoms with E-state index in [9.17, 15) is 0 Å². The van der Waals surface area contributed by atoms with E-state index in [2.05, 4.69) is 13.8 Å². The largest absolute Gasteiger partial charge is 0.381 e. The molecular weight excluding hydrogens is 174 g/mol. The van der Waals surface area contributed by atoms with Crippen molar-refractivity contribution in [2.45, 2.75) is 57.9 Å². The van der Waals surface area contributed by atoms with Gasteiger partial charge in [0.15, 0.2) is 0 Å². The van der Waals surface area contributed by atoms with E-state index in [4.69, 9.17) is 10.5 Å². The van der Waals surface area contributed by atoms with Gasteiger partial charge in [-0.2, -0.15) is 0 Å². The Balaban J connectivity index is 2.37. The minimum absolute atomic E-state index is 0.0606. The maximum atomic E-state index is 6.41. The molecule has 1 fully saturated rings. The summed E-state index contributed by atoms with van der Waals surface area (Å²) in [5.74, 6) is 0.767. The lowest BCUT2D eigenvalue weighted by molar-refractivity contribution is 0.137. The minimum Gasteiger partial charge on any atom is -0.381 e. The quantitative estimate of drug-likeness (QED) is 0.755. The third kappa shape index (κ3) is 3.97. The molecule has 0 aromatic rings. The highest BCUT2D eigenvalue weighted by Crippen LogP contribution is 2.27. The number of hydrogen-bond acceptors (Lipinski definition) is 2. The molecule has 84 valence electrons. The summed E-state index contributed by atoms with van der Waals surface area (Å²) in [6, 6.07) is 0. The average molecular weight is 199 g/mol. The molecule has 1 saturated heterocycles. The van der Waals surface area contributed by atoms with E-state index in [0.29, 0.717) is 0 Å². The van der Waals surface area contributed by atoms with Gasteiger partial charge in [-0.15, -0.1) is 0 Å². The molecule has 1 aliphatic rings. The number of hydrogen-bond donors (Lipinski definition) is 1. The minimum atomic E-state index is 0.0606. The van der Waals surface area contributed by atoms with Gasteiger partial charge in [-0.3, -0.25) is 0 Å². The summed E-state index contributed by atoms with van der Waals surface area (Å²) in [5, 5.41) is 0. The average Bonchev–Trinajstić information content (AvgIpc) is 2.30. The van der Waals surface area contributed by atoms with Crippen LogP contribution in [0.3, 0.4) is 0 Å². The Morgan fingerprint density at radius 2 is 2.14 bits per heavy atom. The number of rotatable bonds is 4. The summed E-state index contributed by atoms with van der Waals surface area (Å²) in [7, 11) is 0. The molecule has 2 nitrogen and oxygen atoms in total.